The molecule has 1 N–H and O–H groups in total. The fourth-order valence-corrected chi connectivity index (χ4v) is 4.01. The normalized spacial score (nSPS) is 10.8. The van der Waals surface area contributed by atoms with Crippen molar-refractivity contribution in [3.63, 3.8) is 0 Å². The van der Waals surface area contributed by atoms with Crippen molar-refractivity contribution < 1.29 is 4.79 Å². The van der Waals surface area contributed by atoms with Crippen LogP contribution < -0.4 is 10.2 Å². The molecule has 2 aromatic heterocycles. The van der Waals surface area contributed by atoms with E-state index in [0.717, 1.165) is 41.9 Å². The number of nitrogens with one attached hydrogen (secondary N) is 1. The van der Waals surface area contributed by atoms with Crippen molar-refractivity contribution in [3.05, 3.63) is 54.4 Å². The summed E-state index contributed by atoms with van der Waals surface area (Å²) in [4.78, 5) is 18.7. The van der Waals surface area contributed by atoms with Gasteiger partial charge >= 0.3 is 0 Å². The van der Waals surface area contributed by atoms with Crippen LogP contribution in [0.15, 0.2) is 53.8 Å². The molecule has 3 rings (SSSR count). The van der Waals surface area contributed by atoms with Crippen LogP contribution in [0.25, 0.3) is 11.4 Å². The molecule has 0 saturated carbocycles. The molecular formula is C22H28N6OS. The number of aromatic nitrogens is 4. The average Bonchev–Trinajstić information content (AvgIpc) is 3.21. The van der Waals surface area contributed by atoms with E-state index >= 15 is 0 Å². The zero-order valence-electron chi connectivity index (χ0n) is 17.7. The number of anilines is 1. The number of carbonyl (C=O) groups excluding carboxylic acids is 1. The Labute approximate surface area is 181 Å². The van der Waals surface area contributed by atoms with Gasteiger partial charge in [-0.1, -0.05) is 17.8 Å². The molecule has 0 atom stereocenters. The van der Waals surface area contributed by atoms with E-state index < -0.39 is 0 Å². The smallest absolute Gasteiger partial charge is 0.230 e. The van der Waals surface area contributed by atoms with E-state index in [1.807, 2.05) is 22.8 Å². The van der Waals surface area contributed by atoms with E-state index in [1.165, 1.54) is 17.4 Å². The van der Waals surface area contributed by atoms with Crippen molar-refractivity contribution >= 4 is 23.4 Å². The van der Waals surface area contributed by atoms with Crippen molar-refractivity contribution in [1.29, 1.82) is 0 Å². The SMILES string of the molecule is CCN(CC)c1ccc(-c2nnc(SCC(=O)NCc3ccccn3)n2CC)cc1. The Morgan fingerprint density at radius 1 is 1.07 bits per heavy atom. The second kappa shape index (κ2) is 10.8. The van der Waals surface area contributed by atoms with Crippen LogP contribution in [0.4, 0.5) is 5.69 Å². The quantitative estimate of drug-likeness (QED) is 0.501. The molecular weight excluding hydrogens is 396 g/mol. The molecule has 158 valence electrons. The van der Waals surface area contributed by atoms with Crippen LogP contribution in [0, 0.1) is 0 Å². The molecule has 7 nitrogen and oxygen atoms in total. The molecule has 0 unspecified atom stereocenters. The van der Waals surface area contributed by atoms with Gasteiger partial charge in [-0.15, -0.1) is 10.2 Å². The van der Waals surface area contributed by atoms with Gasteiger partial charge in [-0.25, -0.2) is 0 Å². The van der Waals surface area contributed by atoms with Crippen molar-refractivity contribution in [2.24, 2.45) is 0 Å². The highest BCUT2D eigenvalue weighted by Crippen LogP contribution is 2.26. The molecule has 0 radical (unpaired) electrons. The highest BCUT2D eigenvalue weighted by molar-refractivity contribution is 7.99. The molecule has 0 fully saturated rings. The summed E-state index contributed by atoms with van der Waals surface area (Å²) in [6, 6.07) is 14.1. The Morgan fingerprint density at radius 3 is 2.47 bits per heavy atom. The number of rotatable bonds is 10. The van der Waals surface area contributed by atoms with Gasteiger partial charge in [-0.3, -0.25) is 9.78 Å². The number of nitrogens with zero attached hydrogens (tertiary/aromatic N) is 5. The van der Waals surface area contributed by atoms with Crippen LogP contribution in [0.3, 0.4) is 0 Å². The van der Waals surface area contributed by atoms with E-state index in [1.54, 1.807) is 6.20 Å². The predicted molar refractivity (Wildman–Crippen MR) is 122 cm³/mol. The molecule has 0 aliphatic carbocycles. The maximum Gasteiger partial charge on any atom is 0.230 e. The van der Waals surface area contributed by atoms with E-state index in [9.17, 15) is 4.79 Å². The summed E-state index contributed by atoms with van der Waals surface area (Å²) in [5.74, 6) is 1.05. The molecule has 30 heavy (non-hydrogen) atoms. The molecule has 0 aliphatic rings. The first-order valence-electron chi connectivity index (χ1n) is 10.2. The van der Waals surface area contributed by atoms with Crippen LogP contribution in [0.1, 0.15) is 26.5 Å². The summed E-state index contributed by atoms with van der Waals surface area (Å²) in [5.41, 5.74) is 3.06. The number of hydrogen-bond acceptors (Lipinski definition) is 6. The maximum absolute atomic E-state index is 12.2. The average molecular weight is 425 g/mol. The number of hydrogen-bond donors (Lipinski definition) is 1. The molecule has 2 heterocycles. The molecule has 0 aliphatic heterocycles. The highest BCUT2D eigenvalue weighted by atomic mass is 32.2. The number of thioether (sulfide) groups is 1. The third-order valence-corrected chi connectivity index (χ3v) is 5.78. The Hall–Kier alpha value is -2.87. The minimum absolute atomic E-state index is 0.0542. The lowest BCUT2D eigenvalue weighted by molar-refractivity contribution is -0.118. The fraction of sp³-hybridized carbons (Fsp3) is 0.364. The number of pyridine rings is 1. The zero-order valence-corrected chi connectivity index (χ0v) is 18.5. The van der Waals surface area contributed by atoms with Crippen LogP contribution in [-0.4, -0.2) is 44.5 Å². The lowest BCUT2D eigenvalue weighted by Gasteiger charge is -2.21. The van der Waals surface area contributed by atoms with E-state index in [2.05, 4.69) is 70.4 Å². The standard InChI is InChI=1S/C22H28N6OS/c1-4-27(5-2)19-12-10-17(11-13-19)21-25-26-22(28(21)6-3)30-16-20(29)24-15-18-9-7-8-14-23-18/h7-14H,4-6,15-16H2,1-3H3,(H,24,29). The molecule has 0 spiro atoms. The van der Waals surface area contributed by atoms with E-state index in [4.69, 9.17) is 0 Å². The number of benzene rings is 1. The Balaban J connectivity index is 1.63. The summed E-state index contributed by atoms with van der Waals surface area (Å²) in [6.45, 7) is 9.47. The van der Waals surface area contributed by atoms with Crippen LogP contribution in [-0.2, 0) is 17.9 Å². The van der Waals surface area contributed by atoms with Gasteiger partial charge in [-0.2, -0.15) is 0 Å². The van der Waals surface area contributed by atoms with Gasteiger partial charge in [0.25, 0.3) is 0 Å². The summed E-state index contributed by atoms with van der Waals surface area (Å²) in [6.07, 6.45) is 1.72. The summed E-state index contributed by atoms with van der Waals surface area (Å²) in [5, 5.41) is 12.3. The zero-order chi connectivity index (χ0) is 21.3. The first-order chi connectivity index (χ1) is 14.7. The summed E-state index contributed by atoms with van der Waals surface area (Å²) < 4.78 is 2.04. The first-order valence-corrected chi connectivity index (χ1v) is 11.2. The van der Waals surface area contributed by atoms with Crippen molar-refractivity contribution in [1.82, 2.24) is 25.1 Å². The van der Waals surface area contributed by atoms with Gasteiger partial charge in [0.05, 0.1) is 18.0 Å². The predicted octanol–water partition coefficient (Wildman–Crippen LogP) is 3.61. The summed E-state index contributed by atoms with van der Waals surface area (Å²) in [7, 11) is 0. The molecule has 0 saturated heterocycles. The van der Waals surface area contributed by atoms with Gasteiger partial charge in [-0.05, 0) is 57.2 Å². The number of amides is 1. The first kappa shape index (κ1) is 21.8. The van der Waals surface area contributed by atoms with Crippen molar-refractivity contribution in [2.75, 3.05) is 23.7 Å². The molecule has 1 aromatic carbocycles. The van der Waals surface area contributed by atoms with Gasteiger partial charge in [0.2, 0.25) is 5.91 Å². The topological polar surface area (TPSA) is 75.9 Å². The van der Waals surface area contributed by atoms with Crippen LogP contribution in [0.5, 0.6) is 0 Å². The monoisotopic (exact) mass is 424 g/mol. The van der Waals surface area contributed by atoms with Crippen LogP contribution in [0.2, 0.25) is 0 Å². The minimum atomic E-state index is -0.0542. The van der Waals surface area contributed by atoms with Gasteiger partial charge in [0.1, 0.15) is 0 Å². The lowest BCUT2D eigenvalue weighted by Crippen LogP contribution is -2.25. The highest BCUT2D eigenvalue weighted by Gasteiger charge is 2.15. The third kappa shape index (κ3) is 5.38. The number of carbonyl (C=O) groups is 1. The molecule has 0 bridgehead atoms. The largest absolute Gasteiger partial charge is 0.372 e. The van der Waals surface area contributed by atoms with Crippen molar-refractivity contribution in [3.8, 4) is 11.4 Å². The molecule has 8 heteroatoms. The Morgan fingerprint density at radius 2 is 1.83 bits per heavy atom. The fourth-order valence-electron chi connectivity index (χ4n) is 3.18. The van der Waals surface area contributed by atoms with Crippen molar-refractivity contribution in [2.45, 2.75) is 39.0 Å². The van der Waals surface area contributed by atoms with Gasteiger partial charge in [0, 0.05) is 37.1 Å². The van der Waals surface area contributed by atoms with Crippen LogP contribution >= 0.6 is 11.8 Å². The summed E-state index contributed by atoms with van der Waals surface area (Å²) >= 11 is 1.39. The lowest BCUT2D eigenvalue weighted by atomic mass is 10.2. The third-order valence-electron chi connectivity index (χ3n) is 4.81. The van der Waals surface area contributed by atoms with E-state index in [0.29, 0.717) is 6.54 Å². The van der Waals surface area contributed by atoms with Gasteiger partial charge in [0.15, 0.2) is 11.0 Å². The molecule has 1 amide bonds. The second-order valence-electron chi connectivity index (χ2n) is 6.66. The Bertz CT molecular complexity index is 938. The second-order valence-corrected chi connectivity index (χ2v) is 7.60. The maximum atomic E-state index is 12.2. The minimum Gasteiger partial charge on any atom is -0.372 e. The molecule has 3 aromatic rings. The Kier molecular flexibility index (Phi) is 7.84. The van der Waals surface area contributed by atoms with E-state index in [-0.39, 0.29) is 11.7 Å². The van der Waals surface area contributed by atoms with Gasteiger partial charge < -0.3 is 14.8 Å².